The van der Waals surface area contributed by atoms with E-state index in [0.29, 0.717) is 24.5 Å². The van der Waals surface area contributed by atoms with Crippen LogP contribution in [0.25, 0.3) is 0 Å². The summed E-state index contributed by atoms with van der Waals surface area (Å²) in [6.45, 7) is 5.57. The van der Waals surface area contributed by atoms with Crippen molar-refractivity contribution in [2.24, 2.45) is 0 Å². The van der Waals surface area contributed by atoms with Crippen molar-refractivity contribution < 1.29 is 14.3 Å². The standard InChI is InChI=1S/C24H31BrN2O3S/c1-3-5-6-7-8-15-29-20-11-9-10-19(17-20)26-24(31)27-23(28)18-12-13-22(21(25)16-18)30-14-4-2/h9-13,16-17H,3-8,14-15H2,1-2H3,(H2,26,27,28,31). The van der Waals surface area contributed by atoms with Gasteiger partial charge in [-0.3, -0.25) is 10.1 Å². The molecule has 0 spiro atoms. The van der Waals surface area contributed by atoms with E-state index in [2.05, 4.69) is 33.5 Å². The van der Waals surface area contributed by atoms with Gasteiger partial charge in [0.2, 0.25) is 0 Å². The van der Waals surface area contributed by atoms with Gasteiger partial charge < -0.3 is 14.8 Å². The zero-order chi connectivity index (χ0) is 22.5. The van der Waals surface area contributed by atoms with Crippen LogP contribution < -0.4 is 20.1 Å². The lowest BCUT2D eigenvalue weighted by molar-refractivity contribution is 0.0977. The van der Waals surface area contributed by atoms with Crippen LogP contribution in [0.4, 0.5) is 5.69 Å². The van der Waals surface area contributed by atoms with Crippen molar-refractivity contribution in [3.63, 3.8) is 0 Å². The van der Waals surface area contributed by atoms with Crippen LogP contribution in [0.15, 0.2) is 46.9 Å². The molecule has 0 bridgehead atoms. The lowest BCUT2D eigenvalue weighted by Gasteiger charge is -2.12. The van der Waals surface area contributed by atoms with Gasteiger partial charge >= 0.3 is 0 Å². The molecule has 168 valence electrons. The average molecular weight is 507 g/mol. The number of carbonyl (C=O) groups excluding carboxylic acids is 1. The Balaban J connectivity index is 1.84. The maximum atomic E-state index is 12.5. The van der Waals surface area contributed by atoms with E-state index in [1.165, 1.54) is 25.7 Å². The smallest absolute Gasteiger partial charge is 0.257 e. The van der Waals surface area contributed by atoms with Crippen LogP contribution in [0.2, 0.25) is 0 Å². The first-order chi connectivity index (χ1) is 15.0. The van der Waals surface area contributed by atoms with Crippen molar-refractivity contribution in [1.29, 1.82) is 0 Å². The molecular formula is C24H31BrN2O3S. The second-order valence-corrected chi connectivity index (χ2v) is 8.46. The highest BCUT2D eigenvalue weighted by molar-refractivity contribution is 9.10. The molecule has 2 aromatic rings. The molecule has 0 radical (unpaired) electrons. The lowest BCUT2D eigenvalue weighted by Crippen LogP contribution is -2.34. The number of unbranched alkanes of at least 4 members (excludes halogenated alkanes) is 4. The van der Waals surface area contributed by atoms with Crippen molar-refractivity contribution in [1.82, 2.24) is 5.32 Å². The molecule has 0 aliphatic rings. The fourth-order valence-corrected chi connectivity index (χ4v) is 3.57. The van der Waals surface area contributed by atoms with Crippen LogP contribution in [-0.4, -0.2) is 24.2 Å². The Hall–Kier alpha value is -2.12. The Labute approximate surface area is 199 Å². The molecule has 0 aliphatic carbocycles. The summed E-state index contributed by atoms with van der Waals surface area (Å²) in [5.41, 5.74) is 1.25. The molecule has 2 N–H and O–H groups in total. The maximum Gasteiger partial charge on any atom is 0.257 e. The molecule has 0 fully saturated rings. The number of halogens is 1. The van der Waals surface area contributed by atoms with E-state index in [4.69, 9.17) is 21.7 Å². The summed E-state index contributed by atoms with van der Waals surface area (Å²) in [4.78, 5) is 12.5. The SMILES string of the molecule is CCCCCCCOc1cccc(NC(=S)NC(=O)c2ccc(OCCC)c(Br)c2)c1. The molecule has 0 saturated carbocycles. The minimum absolute atomic E-state index is 0.226. The van der Waals surface area contributed by atoms with E-state index in [1.54, 1.807) is 18.2 Å². The number of ether oxygens (including phenoxy) is 2. The zero-order valence-corrected chi connectivity index (χ0v) is 20.6. The van der Waals surface area contributed by atoms with Crippen LogP contribution in [-0.2, 0) is 0 Å². The van der Waals surface area contributed by atoms with Gasteiger partial charge in [0.15, 0.2) is 5.11 Å². The number of benzene rings is 2. The summed E-state index contributed by atoms with van der Waals surface area (Å²) >= 11 is 8.74. The Bertz CT molecular complexity index is 860. The van der Waals surface area contributed by atoms with Crippen molar-refractivity contribution in [3.8, 4) is 11.5 Å². The highest BCUT2D eigenvalue weighted by Crippen LogP contribution is 2.26. The summed E-state index contributed by atoms with van der Waals surface area (Å²) in [6, 6.07) is 12.8. The number of hydrogen-bond donors (Lipinski definition) is 2. The fourth-order valence-electron chi connectivity index (χ4n) is 2.87. The van der Waals surface area contributed by atoms with Crippen LogP contribution in [0.3, 0.4) is 0 Å². The van der Waals surface area contributed by atoms with Gasteiger partial charge in [-0.05, 0) is 71.3 Å². The van der Waals surface area contributed by atoms with E-state index >= 15 is 0 Å². The van der Waals surface area contributed by atoms with Crippen LogP contribution in [0, 0.1) is 0 Å². The molecule has 7 heteroatoms. The van der Waals surface area contributed by atoms with E-state index < -0.39 is 0 Å². The van der Waals surface area contributed by atoms with Gasteiger partial charge in [-0.1, -0.05) is 45.6 Å². The number of amides is 1. The van der Waals surface area contributed by atoms with E-state index in [0.717, 1.165) is 28.8 Å². The third-order valence-corrected chi connectivity index (χ3v) is 5.32. The highest BCUT2D eigenvalue weighted by Gasteiger charge is 2.11. The van der Waals surface area contributed by atoms with Crippen molar-refractivity contribution in [2.75, 3.05) is 18.5 Å². The normalized spacial score (nSPS) is 10.4. The topological polar surface area (TPSA) is 59.6 Å². The van der Waals surface area contributed by atoms with Crippen LogP contribution in [0.1, 0.15) is 62.7 Å². The minimum Gasteiger partial charge on any atom is -0.494 e. The molecular weight excluding hydrogens is 476 g/mol. The zero-order valence-electron chi connectivity index (χ0n) is 18.2. The molecule has 0 heterocycles. The Morgan fingerprint density at radius 1 is 0.968 bits per heavy atom. The van der Waals surface area contributed by atoms with E-state index in [9.17, 15) is 4.79 Å². The van der Waals surface area contributed by atoms with Gasteiger partial charge in [-0.25, -0.2) is 0 Å². The third kappa shape index (κ3) is 9.27. The van der Waals surface area contributed by atoms with Gasteiger partial charge in [0.05, 0.1) is 17.7 Å². The predicted molar refractivity (Wildman–Crippen MR) is 134 cm³/mol. The van der Waals surface area contributed by atoms with Gasteiger partial charge in [-0.15, -0.1) is 0 Å². The molecule has 0 atom stereocenters. The second-order valence-electron chi connectivity index (χ2n) is 7.19. The minimum atomic E-state index is -0.292. The van der Waals surface area contributed by atoms with Crippen molar-refractivity contribution >= 4 is 44.9 Å². The number of carbonyl (C=O) groups is 1. The number of thiocarbonyl (C=S) groups is 1. The molecule has 1 amide bonds. The number of anilines is 1. The number of nitrogens with one attached hydrogen (secondary N) is 2. The summed E-state index contributed by atoms with van der Waals surface area (Å²) in [6.07, 6.45) is 6.91. The summed E-state index contributed by atoms with van der Waals surface area (Å²) in [5, 5.41) is 5.97. The molecule has 5 nitrogen and oxygen atoms in total. The average Bonchev–Trinajstić information content (AvgIpc) is 2.75. The molecule has 0 aliphatic heterocycles. The largest absolute Gasteiger partial charge is 0.494 e. The Kier molecular flexibility index (Phi) is 11.4. The molecule has 0 aromatic heterocycles. The number of rotatable bonds is 12. The van der Waals surface area contributed by atoms with Gasteiger partial charge in [0.25, 0.3) is 5.91 Å². The monoisotopic (exact) mass is 506 g/mol. The maximum absolute atomic E-state index is 12.5. The highest BCUT2D eigenvalue weighted by atomic mass is 79.9. The van der Waals surface area contributed by atoms with Crippen LogP contribution >= 0.6 is 28.1 Å². The van der Waals surface area contributed by atoms with E-state index in [1.807, 2.05) is 31.2 Å². The lowest BCUT2D eigenvalue weighted by atomic mass is 10.2. The first-order valence-corrected chi connectivity index (χ1v) is 12.0. The Morgan fingerprint density at radius 3 is 2.52 bits per heavy atom. The number of hydrogen-bond acceptors (Lipinski definition) is 4. The van der Waals surface area contributed by atoms with Gasteiger partial charge in [0, 0.05) is 17.3 Å². The van der Waals surface area contributed by atoms with Crippen molar-refractivity contribution in [3.05, 3.63) is 52.5 Å². The first-order valence-electron chi connectivity index (χ1n) is 10.8. The van der Waals surface area contributed by atoms with E-state index in [-0.39, 0.29) is 11.0 Å². The second kappa shape index (κ2) is 14.0. The van der Waals surface area contributed by atoms with Crippen LogP contribution in [0.5, 0.6) is 11.5 Å². The molecule has 31 heavy (non-hydrogen) atoms. The molecule has 2 aromatic carbocycles. The first kappa shape index (κ1) is 25.1. The molecule has 0 saturated heterocycles. The summed E-state index contributed by atoms with van der Waals surface area (Å²) < 4.78 is 12.2. The summed E-state index contributed by atoms with van der Waals surface area (Å²) in [5.74, 6) is 1.20. The third-order valence-electron chi connectivity index (χ3n) is 4.49. The Morgan fingerprint density at radius 2 is 1.77 bits per heavy atom. The van der Waals surface area contributed by atoms with Gasteiger partial charge in [-0.2, -0.15) is 0 Å². The predicted octanol–water partition coefficient (Wildman–Crippen LogP) is 6.71. The molecule has 0 unspecified atom stereocenters. The molecule has 2 rings (SSSR count). The quantitative estimate of drug-likeness (QED) is 0.247. The summed E-state index contributed by atoms with van der Waals surface area (Å²) in [7, 11) is 0. The van der Waals surface area contributed by atoms with Gasteiger partial charge in [0.1, 0.15) is 11.5 Å². The fraction of sp³-hybridized carbons (Fsp3) is 0.417. The van der Waals surface area contributed by atoms with Crippen molar-refractivity contribution in [2.45, 2.75) is 52.4 Å².